The number of hydrogen-bond acceptors (Lipinski definition) is 4. The smallest absolute Gasteiger partial charge is 0.407 e. The molecule has 0 saturated heterocycles. The molecule has 0 aliphatic heterocycles. The van der Waals surface area contributed by atoms with Gasteiger partial charge in [0, 0.05) is 18.9 Å². The maximum absolute atomic E-state index is 11.5. The number of ether oxygens (including phenoxy) is 1. The first kappa shape index (κ1) is 15.9. The third-order valence-corrected chi connectivity index (χ3v) is 2.45. The third-order valence-electron chi connectivity index (χ3n) is 2.45. The van der Waals surface area contributed by atoms with Crippen molar-refractivity contribution in [2.45, 2.75) is 32.8 Å². The Morgan fingerprint density at radius 1 is 1.45 bits per heavy atom. The Morgan fingerprint density at radius 3 is 2.65 bits per heavy atom. The van der Waals surface area contributed by atoms with E-state index < -0.39 is 23.6 Å². The van der Waals surface area contributed by atoms with Gasteiger partial charge in [-0.05, 0) is 38.8 Å². The van der Waals surface area contributed by atoms with E-state index in [9.17, 15) is 9.59 Å². The highest BCUT2D eigenvalue weighted by Crippen LogP contribution is 2.09. The van der Waals surface area contributed by atoms with Gasteiger partial charge in [0.15, 0.2) is 0 Å². The molecular weight excluding hydrogens is 260 g/mol. The first-order chi connectivity index (χ1) is 9.28. The van der Waals surface area contributed by atoms with Gasteiger partial charge in [0.05, 0.1) is 5.92 Å². The van der Waals surface area contributed by atoms with Crippen molar-refractivity contribution >= 4 is 12.1 Å². The molecule has 0 saturated carbocycles. The molecule has 0 radical (unpaired) electrons. The summed E-state index contributed by atoms with van der Waals surface area (Å²) in [6.45, 7) is 5.25. The van der Waals surface area contributed by atoms with Crippen LogP contribution in [0.5, 0.6) is 0 Å². The number of nitrogens with zero attached hydrogens (tertiary/aromatic N) is 1. The maximum atomic E-state index is 11.5. The summed E-state index contributed by atoms with van der Waals surface area (Å²) in [6, 6.07) is 3.55. The summed E-state index contributed by atoms with van der Waals surface area (Å²) in [6.07, 6.45) is 2.93. The van der Waals surface area contributed by atoms with Gasteiger partial charge in [-0.25, -0.2) is 4.79 Å². The molecule has 0 aromatic carbocycles. The predicted octanol–water partition coefficient (Wildman–Crippen LogP) is 1.85. The monoisotopic (exact) mass is 280 g/mol. The fourth-order valence-electron chi connectivity index (χ4n) is 1.57. The number of nitrogens with one attached hydrogen (secondary N) is 1. The quantitative estimate of drug-likeness (QED) is 0.859. The van der Waals surface area contributed by atoms with Crippen LogP contribution in [0.25, 0.3) is 0 Å². The Hall–Kier alpha value is -2.11. The predicted molar refractivity (Wildman–Crippen MR) is 73.3 cm³/mol. The molecule has 20 heavy (non-hydrogen) atoms. The lowest BCUT2D eigenvalue weighted by Crippen LogP contribution is -2.37. The fourth-order valence-corrected chi connectivity index (χ4v) is 1.57. The van der Waals surface area contributed by atoms with Crippen LogP contribution in [0.15, 0.2) is 24.5 Å². The van der Waals surface area contributed by atoms with Crippen LogP contribution < -0.4 is 5.32 Å². The standard InChI is InChI=1S/C14H20N2O4/c1-14(2,3)20-13(19)16-9-11(12(17)18)7-10-5-4-6-15-8-10/h4-6,8,11H,7,9H2,1-3H3,(H,16,19)(H,17,18)/t11-/m1/s1. The minimum absolute atomic E-state index is 0.0130. The molecule has 2 N–H and O–H groups in total. The highest BCUT2D eigenvalue weighted by Gasteiger charge is 2.21. The number of pyridine rings is 1. The van der Waals surface area contributed by atoms with Crippen LogP contribution in [0, 0.1) is 5.92 Å². The summed E-state index contributed by atoms with van der Waals surface area (Å²) < 4.78 is 5.06. The number of aliphatic carboxylic acids is 1. The topological polar surface area (TPSA) is 88.5 Å². The number of carboxylic acids is 1. The van der Waals surface area contributed by atoms with Crippen LogP contribution in [-0.4, -0.2) is 34.3 Å². The number of amides is 1. The van der Waals surface area contributed by atoms with Gasteiger partial charge in [0.1, 0.15) is 5.60 Å². The van der Waals surface area contributed by atoms with Gasteiger partial charge in [0.2, 0.25) is 0 Å². The molecule has 6 heteroatoms. The fraction of sp³-hybridized carbons (Fsp3) is 0.500. The van der Waals surface area contributed by atoms with Crippen molar-refractivity contribution < 1.29 is 19.4 Å². The molecular formula is C14H20N2O4. The van der Waals surface area contributed by atoms with Gasteiger partial charge in [-0.3, -0.25) is 9.78 Å². The molecule has 110 valence electrons. The van der Waals surface area contributed by atoms with Gasteiger partial charge in [-0.1, -0.05) is 6.07 Å². The number of carbonyl (C=O) groups is 2. The van der Waals surface area contributed by atoms with Gasteiger partial charge in [-0.15, -0.1) is 0 Å². The summed E-state index contributed by atoms with van der Waals surface area (Å²) in [5, 5.41) is 11.6. The second-order valence-electron chi connectivity index (χ2n) is 5.48. The zero-order chi connectivity index (χ0) is 15.2. The van der Waals surface area contributed by atoms with E-state index in [1.807, 2.05) is 0 Å². The maximum Gasteiger partial charge on any atom is 0.407 e. The zero-order valence-corrected chi connectivity index (χ0v) is 11.9. The summed E-state index contributed by atoms with van der Waals surface area (Å²) in [5.41, 5.74) is 0.206. The molecule has 0 aliphatic rings. The molecule has 1 heterocycles. The van der Waals surface area contributed by atoms with Gasteiger partial charge in [-0.2, -0.15) is 0 Å². The number of hydrogen-bond donors (Lipinski definition) is 2. The van der Waals surface area contributed by atoms with Crippen LogP contribution in [-0.2, 0) is 16.0 Å². The zero-order valence-electron chi connectivity index (χ0n) is 11.9. The Balaban J connectivity index is 2.52. The first-order valence-corrected chi connectivity index (χ1v) is 6.36. The first-order valence-electron chi connectivity index (χ1n) is 6.36. The number of carbonyl (C=O) groups excluding carboxylic acids is 1. The van der Waals surface area contributed by atoms with E-state index in [0.717, 1.165) is 5.56 Å². The minimum atomic E-state index is -0.968. The molecule has 1 atom stereocenters. The molecule has 1 aromatic heterocycles. The largest absolute Gasteiger partial charge is 0.481 e. The van der Waals surface area contributed by atoms with E-state index in [-0.39, 0.29) is 6.54 Å². The molecule has 1 aromatic rings. The molecule has 0 fully saturated rings. The van der Waals surface area contributed by atoms with Crippen LogP contribution in [0.1, 0.15) is 26.3 Å². The van der Waals surface area contributed by atoms with Crippen molar-refractivity contribution in [2.75, 3.05) is 6.54 Å². The van der Waals surface area contributed by atoms with E-state index in [4.69, 9.17) is 9.84 Å². The SMILES string of the molecule is CC(C)(C)OC(=O)NC[C@@H](Cc1cccnc1)C(=O)O. The van der Waals surface area contributed by atoms with Crippen molar-refractivity contribution in [3.05, 3.63) is 30.1 Å². The van der Waals surface area contributed by atoms with Crippen molar-refractivity contribution in [1.82, 2.24) is 10.3 Å². The van der Waals surface area contributed by atoms with Gasteiger partial charge >= 0.3 is 12.1 Å². The molecule has 6 nitrogen and oxygen atoms in total. The summed E-state index contributed by atoms with van der Waals surface area (Å²) in [4.78, 5) is 26.6. The van der Waals surface area contributed by atoms with Gasteiger partial charge < -0.3 is 15.2 Å². The Labute approximate surface area is 118 Å². The minimum Gasteiger partial charge on any atom is -0.481 e. The average Bonchev–Trinajstić information content (AvgIpc) is 2.33. The number of aromatic nitrogens is 1. The Morgan fingerprint density at radius 2 is 2.15 bits per heavy atom. The van der Waals surface area contributed by atoms with Crippen molar-refractivity contribution in [2.24, 2.45) is 5.92 Å². The molecule has 1 amide bonds. The van der Waals surface area contributed by atoms with Crippen LogP contribution in [0.3, 0.4) is 0 Å². The summed E-state index contributed by atoms with van der Waals surface area (Å²) >= 11 is 0. The van der Waals surface area contributed by atoms with Crippen LogP contribution >= 0.6 is 0 Å². The second-order valence-corrected chi connectivity index (χ2v) is 5.48. The Kier molecular flexibility index (Phi) is 5.49. The number of alkyl carbamates (subject to hydrolysis) is 1. The summed E-state index contributed by atoms with van der Waals surface area (Å²) in [5.74, 6) is -1.68. The van der Waals surface area contributed by atoms with Crippen LogP contribution in [0.2, 0.25) is 0 Å². The Bertz CT molecular complexity index is 454. The molecule has 0 aliphatic carbocycles. The van der Waals surface area contributed by atoms with E-state index in [0.29, 0.717) is 6.42 Å². The third kappa shape index (κ3) is 6.17. The van der Waals surface area contributed by atoms with Gasteiger partial charge in [0.25, 0.3) is 0 Å². The van der Waals surface area contributed by atoms with Crippen molar-refractivity contribution in [3.63, 3.8) is 0 Å². The normalized spacial score (nSPS) is 12.6. The van der Waals surface area contributed by atoms with E-state index in [2.05, 4.69) is 10.3 Å². The lowest BCUT2D eigenvalue weighted by Gasteiger charge is -2.20. The lowest BCUT2D eigenvalue weighted by molar-refractivity contribution is -0.141. The van der Waals surface area contributed by atoms with Crippen molar-refractivity contribution in [3.8, 4) is 0 Å². The van der Waals surface area contributed by atoms with E-state index in [1.165, 1.54) is 0 Å². The van der Waals surface area contributed by atoms with Crippen molar-refractivity contribution in [1.29, 1.82) is 0 Å². The van der Waals surface area contributed by atoms with E-state index in [1.54, 1.807) is 45.3 Å². The summed E-state index contributed by atoms with van der Waals surface area (Å²) in [7, 11) is 0. The highest BCUT2D eigenvalue weighted by molar-refractivity contribution is 5.73. The lowest BCUT2D eigenvalue weighted by atomic mass is 10.0. The molecule has 0 bridgehead atoms. The number of carboxylic acid groups (broad SMARTS) is 1. The number of rotatable bonds is 5. The molecule has 1 rings (SSSR count). The molecule has 0 spiro atoms. The van der Waals surface area contributed by atoms with Crippen LogP contribution in [0.4, 0.5) is 4.79 Å². The highest BCUT2D eigenvalue weighted by atomic mass is 16.6. The molecule has 0 unspecified atom stereocenters. The van der Waals surface area contributed by atoms with E-state index >= 15 is 0 Å². The second kappa shape index (κ2) is 6.88. The average molecular weight is 280 g/mol.